The fourth-order valence-corrected chi connectivity index (χ4v) is 3.49. The molecule has 8 nitrogen and oxygen atoms in total. The van der Waals surface area contributed by atoms with Crippen molar-refractivity contribution in [1.82, 2.24) is 24.5 Å². The van der Waals surface area contributed by atoms with Crippen molar-refractivity contribution in [3.63, 3.8) is 0 Å². The van der Waals surface area contributed by atoms with E-state index in [0.29, 0.717) is 11.6 Å². The van der Waals surface area contributed by atoms with Gasteiger partial charge in [0.05, 0.1) is 29.6 Å². The first-order valence-corrected chi connectivity index (χ1v) is 10.7. The molecule has 0 unspecified atom stereocenters. The summed E-state index contributed by atoms with van der Waals surface area (Å²) < 4.78 is 64.6. The molecule has 1 aromatic carbocycles. The number of fused-ring (bicyclic) bond motifs is 1. The molecule has 0 aliphatic rings. The lowest BCUT2D eigenvalue weighted by molar-refractivity contribution is -0.141. The van der Waals surface area contributed by atoms with Crippen LogP contribution in [0.4, 0.5) is 13.2 Å². The molecule has 31 heavy (non-hydrogen) atoms. The first-order chi connectivity index (χ1) is 14.5. The van der Waals surface area contributed by atoms with Crippen LogP contribution in [0, 0.1) is 0 Å². The van der Waals surface area contributed by atoms with Crippen LogP contribution in [0.1, 0.15) is 11.3 Å². The molecular weight excluding hydrogens is 435 g/mol. The highest BCUT2D eigenvalue weighted by atomic mass is 32.2. The fraction of sp³-hybridized carbons (Fsp3) is 0.158. The third-order valence-corrected chi connectivity index (χ3v) is 5.29. The van der Waals surface area contributed by atoms with Crippen LogP contribution in [0.5, 0.6) is 0 Å². The molecule has 12 heteroatoms. The number of halogens is 3. The number of rotatable bonds is 4. The molecule has 0 saturated heterocycles. The van der Waals surface area contributed by atoms with Crippen LogP contribution < -0.4 is 5.56 Å². The van der Waals surface area contributed by atoms with Crippen molar-refractivity contribution in [2.75, 3.05) is 6.26 Å². The van der Waals surface area contributed by atoms with Gasteiger partial charge in [0.2, 0.25) is 15.0 Å². The summed E-state index contributed by atoms with van der Waals surface area (Å²) in [6, 6.07) is 8.47. The van der Waals surface area contributed by atoms with Gasteiger partial charge in [-0.2, -0.15) is 13.2 Å². The summed E-state index contributed by atoms with van der Waals surface area (Å²) in [5.74, 6) is 0. The predicted molar refractivity (Wildman–Crippen MR) is 105 cm³/mol. The number of aromatic nitrogens is 5. The van der Waals surface area contributed by atoms with E-state index in [9.17, 15) is 26.4 Å². The number of nitrogens with zero attached hydrogens (tertiary/aromatic N) is 4. The largest absolute Gasteiger partial charge is 0.433 e. The molecule has 160 valence electrons. The van der Waals surface area contributed by atoms with Gasteiger partial charge in [0, 0.05) is 24.1 Å². The highest BCUT2D eigenvalue weighted by Crippen LogP contribution is 2.30. The number of hydrogen-bond donors (Lipinski definition) is 1. The number of alkyl halides is 3. The van der Waals surface area contributed by atoms with Crippen LogP contribution in [-0.2, 0) is 22.6 Å². The molecule has 0 spiro atoms. The lowest BCUT2D eigenvalue weighted by atomic mass is 10.1. The zero-order valence-corrected chi connectivity index (χ0v) is 16.7. The minimum Gasteiger partial charge on any atom is -0.345 e. The van der Waals surface area contributed by atoms with Crippen LogP contribution in [-0.4, -0.2) is 39.2 Å². The molecular formula is C19H14F3N5O3S. The number of pyridine rings is 1. The Labute approximate surface area is 173 Å². The molecule has 3 aromatic heterocycles. The third kappa shape index (κ3) is 4.33. The van der Waals surface area contributed by atoms with E-state index >= 15 is 0 Å². The first kappa shape index (κ1) is 20.7. The Morgan fingerprint density at radius 2 is 1.87 bits per heavy atom. The molecule has 0 amide bonds. The predicted octanol–water partition coefficient (Wildman–Crippen LogP) is 2.65. The van der Waals surface area contributed by atoms with Gasteiger partial charge in [-0.1, -0.05) is 6.07 Å². The van der Waals surface area contributed by atoms with Crippen molar-refractivity contribution in [2.45, 2.75) is 17.9 Å². The highest BCUT2D eigenvalue weighted by molar-refractivity contribution is 7.90. The Morgan fingerprint density at radius 1 is 1.10 bits per heavy atom. The maximum atomic E-state index is 13.2. The summed E-state index contributed by atoms with van der Waals surface area (Å²) in [7, 11) is -4.10. The van der Waals surface area contributed by atoms with Crippen LogP contribution >= 0.6 is 0 Å². The Hall–Kier alpha value is -3.54. The molecule has 0 aliphatic heterocycles. The van der Waals surface area contributed by atoms with E-state index in [0.717, 1.165) is 17.3 Å². The second kappa shape index (κ2) is 7.30. The van der Waals surface area contributed by atoms with Crippen molar-refractivity contribution >= 4 is 20.9 Å². The van der Waals surface area contributed by atoms with E-state index in [-0.39, 0.29) is 23.4 Å². The lowest BCUT2D eigenvalue weighted by Gasteiger charge is -2.12. The average molecular weight is 449 g/mol. The normalized spacial score (nSPS) is 12.4. The molecule has 0 bridgehead atoms. The van der Waals surface area contributed by atoms with Gasteiger partial charge in [-0.05, 0) is 29.8 Å². The number of imidazole rings is 1. The highest BCUT2D eigenvalue weighted by Gasteiger charge is 2.35. The van der Waals surface area contributed by atoms with Gasteiger partial charge in [-0.15, -0.1) is 0 Å². The van der Waals surface area contributed by atoms with E-state index in [4.69, 9.17) is 0 Å². The molecule has 1 N–H and O–H groups in total. The molecule has 0 saturated carbocycles. The van der Waals surface area contributed by atoms with Crippen LogP contribution in [0.15, 0.2) is 58.9 Å². The zero-order valence-electron chi connectivity index (χ0n) is 15.9. The molecule has 4 aromatic rings. The number of benzene rings is 1. The molecule has 0 atom stereocenters. The second-order valence-corrected chi connectivity index (χ2v) is 8.74. The molecule has 3 heterocycles. The number of hydrogen-bond acceptors (Lipinski definition) is 6. The van der Waals surface area contributed by atoms with E-state index in [1.54, 1.807) is 18.2 Å². The molecule has 4 rings (SSSR count). The summed E-state index contributed by atoms with van der Waals surface area (Å²) in [6.07, 6.45) is -1.29. The standard InChI is InChI=1S/C19H14F3N5O3S/c1-31(29,30)18-25-14(7-16(26-18)19(20,21)22)12-3-5-17(28)27(9-12)8-11-2-4-13-15(6-11)24-10-23-13/h2-7,9-10H,8H2,1H3,(H,23,24). The fourth-order valence-electron chi connectivity index (χ4n) is 2.96. The number of H-pyrrole nitrogens is 1. The van der Waals surface area contributed by atoms with Crippen molar-refractivity contribution in [1.29, 1.82) is 0 Å². The van der Waals surface area contributed by atoms with Gasteiger partial charge in [0.25, 0.3) is 5.56 Å². The van der Waals surface area contributed by atoms with E-state index < -0.39 is 26.9 Å². The van der Waals surface area contributed by atoms with Gasteiger partial charge in [0.15, 0.2) is 0 Å². The lowest BCUT2D eigenvalue weighted by Crippen LogP contribution is -2.19. The Balaban J connectivity index is 1.79. The quantitative estimate of drug-likeness (QED) is 0.480. The van der Waals surface area contributed by atoms with Gasteiger partial charge in [-0.3, -0.25) is 4.79 Å². The number of nitrogens with one attached hydrogen (secondary N) is 1. The second-order valence-electron chi connectivity index (χ2n) is 6.83. The third-order valence-electron chi connectivity index (χ3n) is 4.45. The summed E-state index contributed by atoms with van der Waals surface area (Å²) in [4.78, 5) is 26.3. The van der Waals surface area contributed by atoms with E-state index in [1.807, 2.05) is 0 Å². The SMILES string of the molecule is CS(=O)(=O)c1nc(-c2ccc(=O)n(Cc3ccc4[nH]cnc4c3)c2)cc(C(F)(F)F)n1. The maximum absolute atomic E-state index is 13.2. The van der Waals surface area contributed by atoms with E-state index in [1.165, 1.54) is 29.2 Å². The van der Waals surface area contributed by atoms with Crippen LogP contribution in [0.3, 0.4) is 0 Å². The summed E-state index contributed by atoms with van der Waals surface area (Å²) in [6.45, 7) is 0.131. The topological polar surface area (TPSA) is 111 Å². The molecule has 0 radical (unpaired) electrons. The van der Waals surface area contributed by atoms with Gasteiger partial charge >= 0.3 is 6.18 Å². The number of aromatic amines is 1. The summed E-state index contributed by atoms with van der Waals surface area (Å²) >= 11 is 0. The van der Waals surface area contributed by atoms with E-state index in [2.05, 4.69) is 19.9 Å². The maximum Gasteiger partial charge on any atom is 0.433 e. The zero-order chi connectivity index (χ0) is 22.4. The van der Waals surface area contributed by atoms with Gasteiger partial charge in [0.1, 0.15) is 5.69 Å². The molecule has 0 fully saturated rings. The van der Waals surface area contributed by atoms with Crippen molar-refractivity contribution in [3.8, 4) is 11.3 Å². The van der Waals surface area contributed by atoms with Gasteiger partial charge < -0.3 is 9.55 Å². The van der Waals surface area contributed by atoms with Crippen LogP contribution in [0.25, 0.3) is 22.3 Å². The first-order valence-electron chi connectivity index (χ1n) is 8.80. The smallest absolute Gasteiger partial charge is 0.345 e. The number of sulfone groups is 1. The van der Waals surface area contributed by atoms with Crippen molar-refractivity contribution < 1.29 is 21.6 Å². The van der Waals surface area contributed by atoms with Crippen molar-refractivity contribution in [3.05, 3.63) is 70.5 Å². The Morgan fingerprint density at radius 3 is 2.58 bits per heavy atom. The monoisotopic (exact) mass is 449 g/mol. The van der Waals surface area contributed by atoms with Gasteiger partial charge in [-0.25, -0.2) is 23.4 Å². The minimum atomic E-state index is -4.87. The Kier molecular flexibility index (Phi) is 4.88. The Bertz CT molecular complexity index is 1460. The van der Waals surface area contributed by atoms with Crippen molar-refractivity contribution in [2.24, 2.45) is 0 Å². The average Bonchev–Trinajstić information content (AvgIpc) is 3.16. The van der Waals surface area contributed by atoms with Crippen LogP contribution in [0.2, 0.25) is 0 Å². The minimum absolute atomic E-state index is 0.131. The summed E-state index contributed by atoms with van der Waals surface area (Å²) in [5.41, 5.74) is 0.356. The summed E-state index contributed by atoms with van der Waals surface area (Å²) in [5, 5.41) is -0.945. The molecule has 0 aliphatic carbocycles.